The van der Waals surface area contributed by atoms with E-state index in [1.54, 1.807) is 0 Å². The molecule has 118 valence electrons. The van der Waals surface area contributed by atoms with Crippen molar-refractivity contribution in [3.63, 3.8) is 0 Å². The van der Waals surface area contributed by atoms with Crippen molar-refractivity contribution in [3.8, 4) is 0 Å². The molecule has 1 amide bonds. The first-order valence-corrected chi connectivity index (χ1v) is 7.99. The molecule has 22 heavy (non-hydrogen) atoms. The normalized spacial score (nSPS) is 20.6. The summed E-state index contributed by atoms with van der Waals surface area (Å²) in [5.41, 5.74) is -2.36. The molecule has 1 aromatic rings. The van der Waals surface area contributed by atoms with Crippen molar-refractivity contribution in [2.75, 3.05) is 11.5 Å². The number of thioether (sulfide) groups is 1. The van der Waals surface area contributed by atoms with Gasteiger partial charge in [-0.1, -0.05) is 0 Å². The molecule has 1 aliphatic rings. The molecule has 10 heteroatoms. The van der Waals surface area contributed by atoms with Crippen LogP contribution in [0.4, 0.5) is 10.1 Å². The Kier molecular flexibility index (Phi) is 4.71. The van der Waals surface area contributed by atoms with E-state index in [1.165, 1.54) is 11.8 Å². The van der Waals surface area contributed by atoms with Crippen LogP contribution in [0.5, 0.6) is 0 Å². The average molecular weight is 393 g/mol. The van der Waals surface area contributed by atoms with E-state index in [0.717, 1.165) is 6.07 Å². The van der Waals surface area contributed by atoms with Crippen molar-refractivity contribution in [3.05, 3.63) is 38.1 Å². The summed E-state index contributed by atoms with van der Waals surface area (Å²) in [6.07, 6.45) is 0.230. The van der Waals surface area contributed by atoms with Gasteiger partial charge in [0.05, 0.1) is 16.6 Å². The van der Waals surface area contributed by atoms with Crippen molar-refractivity contribution < 1.29 is 24.0 Å². The summed E-state index contributed by atoms with van der Waals surface area (Å²) in [6, 6.07) is 1.50. The smallest absolute Gasteiger partial charge is 0.330 e. The highest BCUT2D eigenvalue weighted by Crippen LogP contribution is 2.32. The Bertz CT molecular complexity index is 663. The highest BCUT2D eigenvalue weighted by Gasteiger charge is 2.43. The van der Waals surface area contributed by atoms with Crippen molar-refractivity contribution in [2.45, 2.75) is 12.0 Å². The third-order valence-electron chi connectivity index (χ3n) is 3.24. The Labute approximate surface area is 136 Å². The zero-order valence-corrected chi connectivity index (χ0v) is 13.4. The van der Waals surface area contributed by atoms with Crippen LogP contribution in [-0.2, 0) is 4.79 Å². The number of amides is 1. The summed E-state index contributed by atoms with van der Waals surface area (Å²) in [5.74, 6) is -2.27. The standard InChI is InChI=1S/C12H10BrFN2O5S/c13-9-7(3-6(14)4-8(9)16(20)21)10(17)15-12(11(18)19)1-2-22-5-12/h3-4H,1-2,5H2,(H,15,17)(H,18,19). The van der Waals surface area contributed by atoms with Gasteiger partial charge in [0.2, 0.25) is 0 Å². The number of benzene rings is 1. The number of hydrogen-bond acceptors (Lipinski definition) is 5. The second-order valence-electron chi connectivity index (χ2n) is 4.69. The highest BCUT2D eigenvalue weighted by atomic mass is 79.9. The Morgan fingerprint density at radius 1 is 1.50 bits per heavy atom. The first-order chi connectivity index (χ1) is 10.3. The topological polar surface area (TPSA) is 110 Å². The summed E-state index contributed by atoms with van der Waals surface area (Å²) < 4.78 is 13.3. The molecule has 0 aliphatic carbocycles. The number of carbonyl (C=O) groups is 2. The van der Waals surface area contributed by atoms with Gasteiger partial charge in [-0.15, -0.1) is 0 Å². The minimum atomic E-state index is -1.44. The van der Waals surface area contributed by atoms with Crippen LogP contribution in [0.15, 0.2) is 16.6 Å². The van der Waals surface area contributed by atoms with Gasteiger partial charge in [0, 0.05) is 5.75 Å². The van der Waals surface area contributed by atoms with Crippen LogP contribution in [0, 0.1) is 15.9 Å². The Morgan fingerprint density at radius 3 is 2.68 bits per heavy atom. The Balaban J connectivity index is 2.38. The minimum absolute atomic E-state index is 0.184. The van der Waals surface area contributed by atoms with Crippen molar-refractivity contribution in [1.29, 1.82) is 0 Å². The van der Waals surface area contributed by atoms with Gasteiger partial charge in [0.1, 0.15) is 15.8 Å². The molecular formula is C12H10BrFN2O5S. The van der Waals surface area contributed by atoms with Gasteiger partial charge in [-0.05, 0) is 34.2 Å². The lowest BCUT2D eigenvalue weighted by atomic mass is 9.98. The van der Waals surface area contributed by atoms with Crippen LogP contribution in [0.3, 0.4) is 0 Å². The third kappa shape index (κ3) is 3.07. The van der Waals surface area contributed by atoms with Crippen molar-refractivity contribution in [1.82, 2.24) is 5.32 Å². The summed E-state index contributed by atoms with van der Waals surface area (Å²) in [7, 11) is 0. The predicted octanol–water partition coefficient (Wildman–Crippen LogP) is 2.19. The molecule has 0 saturated carbocycles. The number of aliphatic carboxylic acids is 1. The van der Waals surface area contributed by atoms with Crippen LogP contribution < -0.4 is 5.32 Å². The number of nitro groups is 1. The van der Waals surface area contributed by atoms with Gasteiger partial charge in [-0.3, -0.25) is 14.9 Å². The molecular weight excluding hydrogens is 383 g/mol. The molecule has 1 aliphatic heterocycles. The summed E-state index contributed by atoms with van der Waals surface area (Å²) in [4.78, 5) is 33.7. The van der Waals surface area contributed by atoms with E-state index in [1.807, 2.05) is 0 Å². The third-order valence-corrected chi connectivity index (χ3v) is 5.27. The number of carbonyl (C=O) groups excluding carboxylic acids is 1. The molecule has 1 heterocycles. The summed E-state index contributed by atoms with van der Waals surface area (Å²) >= 11 is 4.27. The van der Waals surface area contributed by atoms with E-state index in [0.29, 0.717) is 11.8 Å². The molecule has 0 radical (unpaired) electrons. The number of nitrogens with one attached hydrogen (secondary N) is 1. The molecule has 1 atom stereocenters. The second kappa shape index (κ2) is 6.21. The number of rotatable bonds is 4. The fourth-order valence-corrected chi connectivity index (χ4v) is 3.92. The van der Waals surface area contributed by atoms with Gasteiger partial charge in [-0.2, -0.15) is 11.8 Å². The second-order valence-corrected chi connectivity index (χ2v) is 6.59. The lowest BCUT2D eigenvalue weighted by molar-refractivity contribution is -0.385. The quantitative estimate of drug-likeness (QED) is 0.600. The molecule has 1 fully saturated rings. The molecule has 2 rings (SSSR count). The maximum atomic E-state index is 13.5. The molecule has 0 aromatic heterocycles. The van der Waals surface area contributed by atoms with Crippen molar-refractivity contribution >= 4 is 45.3 Å². The lowest BCUT2D eigenvalue weighted by Crippen LogP contribution is -2.54. The fraction of sp³-hybridized carbons (Fsp3) is 0.333. The van der Waals surface area contributed by atoms with E-state index in [-0.39, 0.29) is 22.2 Å². The fourth-order valence-electron chi connectivity index (χ4n) is 2.04. The first-order valence-electron chi connectivity index (χ1n) is 6.04. The Hall–Kier alpha value is -1.68. The Morgan fingerprint density at radius 2 is 2.18 bits per heavy atom. The van der Waals surface area contributed by atoms with Crippen LogP contribution in [0.1, 0.15) is 16.8 Å². The number of nitrogens with zero attached hydrogens (tertiary/aromatic N) is 1. The van der Waals surface area contributed by atoms with E-state index in [9.17, 15) is 29.2 Å². The van der Waals surface area contributed by atoms with Crippen LogP contribution in [0.2, 0.25) is 0 Å². The largest absolute Gasteiger partial charge is 0.479 e. The van der Waals surface area contributed by atoms with Gasteiger partial charge in [0.25, 0.3) is 11.6 Å². The first kappa shape index (κ1) is 16.7. The van der Waals surface area contributed by atoms with Gasteiger partial charge in [-0.25, -0.2) is 9.18 Å². The number of nitro benzene ring substituents is 1. The zero-order valence-electron chi connectivity index (χ0n) is 11.0. The van der Waals surface area contributed by atoms with Gasteiger partial charge < -0.3 is 10.4 Å². The number of hydrogen-bond donors (Lipinski definition) is 2. The molecule has 0 spiro atoms. The predicted molar refractivity (Wildman–Crippen MR) is 80.5 cm³/mol. The molecule has 0 bridgehead atoms. The molecule has 1 unspecified atom stereocenters. The minimum Gasteiger partial charge on any atom is -0.479 e. The van der Waals surface area contributed by atoms with E-state index >= 15 is 0 Å². The van der Waals surface area contributed by atoms with Crippen molar-refractivity contribution in [2.24, 2.45) is 0 Å². The molecule has 1 aromatic carbocycles. The average Bonchev–Trinajstić information content (AvgIpc) is 2.90. The van der Waals surface area contributed by atoms with Gasteiger partial charge >= 0.3 is 5.97 Å². The zero-order chi connectivity index (χ0) is 16.5. The highest BCUT2D eigenvalue weighted by molar-refractivity contribution is 9.10. The number of carboxylic acids is 1. The molecule has 1 saturated heterocycles. The lowest BCUT2D eigenvalue weighted by Gasteiger charge is -2.24. The molecule has 2 N–H and O–H groups in total. The summed E-state index contributed by atoms with van der Waals surface area (Å²) in [5, 5.41) is 22.5. The molecule has 7 nitrogen and oxygen atoms in total. The van der Waals surface area contributed by atoms with E-state index < -0.39 is 33.8 Å². The maximum absolute atomic E-state index is 13.5. The van der Waals surface area contributed by atoms with E-state index in [2.05, 4.69) is 21.2 Å². The monoisotopic (exact) mass is 392 g/mol. The van der Waals surface area contributed by atoms with Crippen LogP contribution in [-0.4, -0.2) is 39.0 Å². The summed E-state index contributed by atoms with van der Waals surface area (Å²) in [6.45, 7) is 0. The number of halogens is 2. The van der Waals surface area contributed by atoms with Crippen LogP contribution in [0.25, 0.3) is 0 Å². The van der Waals surface area contributed by atoms with E-state index in [4.69, 9.17) is 0 Å². The van der Waals surface area contributed by atoms with Crippen LogP contribution >= 0.6 is 27.7 Å². The maximum Gasteiger partial charge on any atom is 0.330 e. The number of carboxylic acid groups (broad SMARTS) is 1. The SMILES string of the molecule is O=C(NC1(C(=O)O)CCSC1)c1cc(F)cc([N+](=O)[O-])c1Br. The van der Waals surface area contributed by atoms with Gasteiger partial charge in [0.15, 0.2) is 0 Å².